The van der Waals surface area contributed by atoms with Crippen LogP contribution in [0.4, 0.5) is 11.6 Å². The number of aromatic nitrogens is 2. The number of ether oxygens (including phenoxy) is 1. The van der Waals surface area contributed by atoms with E-state index in [1.807, 2.05) is 6.07 Å². The van der Waals surface area contributed by atoms with Gasteiger partial charge in [-0.1, -0.05) is 6.07 Å². The third-order valence-corrected chi connectivity index (χ3v) is 4.49. The van der Waals surface area contributed by atoms with Crippen LogP contribution in [0.25, 0.3) is 0 Å². The van der Waals surface area contributed by atoms with Crippen molar-refractivity contribution in [1.82, 2.24) is 14.9 Å². The average molecular weight is 373 g/mol. The Kier molecular flexibility index (Phi) is 5.97. The van der Waals surface area contributed by atoms with E-state index in [0.717, 1.165) is 13.0 Å². The first-order valence-corrected chi connectivity index (χ1v) is 8.84. The second-order valence-corrected chi connectivity index (χ2v) is 6.30. The van der Waals surface area contributed by atoms with Crippen molar-refractivity contribution in [3.63, 3.8) is 0 Å². The fraction of sp³-hybridized carbons (Fsp3) is 0.368. The number of amides is 1. The number of hydrogen-bond acceptors (Lipinski definition) is 7. The zero-order valence-electron chi connectivity index (χ0n) is 15.3. The first kappa shape index (κ1) is 18.8. The standard InChI is InChI=1S/C19H23N5O3.2H2/c1-27-13-17(25)24-10-4-9-23(11-12-24)16-7-2-6-15(22-16)18(26)14-5-3-8-21-19(14)20;;/h2-3,5-8H,4,9-13H2,1H3,(H2,20,21);2*1H. The molecule has 2 aromatic heterocycles. The normalized spacial score (nSPS) is 14.7. The Morgan fingerprint density at radius 2 is 2.04 bits per heavy atom. The lowest BCUT2D eigenvalue weighted by Crippen LogP contribution is -2.37. The zero-order chi connectivity index (χ0) is 19.2. The Morgan fingerprint density at radius 1 is 1.19 bits per heavy atom. The largest absolute Gasteiger partial charge is 0.383 e. The molecule has 0 spiro atoms. The van der Waals surface area contributed by atoms with E-state index in [1.165, 1.54) is 7.11 Å². The second kappa shape index (κ2) is 8.59. The van der Waals surface area contributed by atoms with Gasteiger partial charge in [0.05, 0.1) is 5.56 Å². The van der Waals surface area contributed by atoms with Crippen LogP contribution in [0.3, 0.4) is 0 Å². The molecule has 1 aliphatic heterocycles. The third kappa shape index (κ3) is 4.40. The topological polar surface area (TPSA) is 102 Å². The smallest absolute Gasteiger partial charge is 0.248 e. The summed E-state index contributed by atoms with van der Waals surface area (Å²) in [5.41, 5.74) is 6.48. The molecule has 8 heteroatoms. The Morgan fingerprint density at radius 3 is 2.81 bits per heavy atom. The van der Waals surface area contributed by atoms with E-state index in [0.29, 0.717) is 36.7 Å². The number of methoxy groups -OCH3 is 1. The van der Waals surface area contributed by atoms with E-state index >= 15 is 0 Å². The number of pyridine rings is 2. The summed E-state index contributed by atoms with van der Waals surface area (Å²) in [4.78, 5) is 37.1. The van der Waals surface area contributed by atoms with Gasteiger partial charge in [-0.3, -0.25) is 9.59 Å². The van der Waals surface area contributed by atoms with Crippen LogP contribution in [-0.2, 0) is 9.53 Å². The van der Waals surface area contributed by atoms with E-state index in [1.54, 1.807) is 35.4 Å². The Labute approximate surface area is 160 Å². The van der Waals surface area contributed by atoms with Gasteiger partial charge >= 0.3 is 0 Å². The lowest BCUT2D eigenvalue weighted by molar-refractivity contribution is -0.134. The van der Waals surface area contributed by atoms with Gasteiger partial charge in [-0.2, -0.15) is 0 Å². The molecule has 3 rings (SSSR count). The number of nitrogens with zero attached hydrogens (tertiary/aromatic N) is 4. The van der Waals surface area contributed by atoms with Gasteiger partial charge in [-0.15, -0.1) is 0 Å². The van der Waals surface area contributed by atoms with Gasteiger partial charge in [-0.05, 0) is 30.7 Å². The summed E-state index contributed by atoms with van der Waals surface area (Å²) in [6.07, 6.45) is 2.37. The molecule has 1 aliphatic rings. The Balaban J connectivity index is 0.00000210. The predicted octanol–water partition coefficient (Wildman–Crippen LogP) is 1.47. The van der Waals surface area contributed by atoms with E-state index in [9.17, 15) is 9.59 Å². The molecule has 8 nitrogen and oxygen atoms in total. The Bertz CT molecular complexity index is 837. The van der Waals surface area contributed by atoms with Gasteiger partial charge < -0.3 is 20.3 Å². The lowest BCUT2D eigenvalue weighted by atomic mass is 10.1. The average Bonchev–Trinajstić information content (AvgIpc) is 2.94. The minimum Gasteiger partial charge on any atom is -0.383 e. The number of ketones is 1. The van der Waals surface area contributed by atoms with Gasteiger partial charge in [0.2, 0.25) is 11.7 Å². The van der Waals surface area contributed by atoms with Crippen molar-refractivity contribution >= 4 is 23.3 Å². The number of hydrogen-bond donors (Lipinski definition) is 1. The molecule has 0 saturated carbocycles. The van der Waals surface area contributed by atoms with Gasteiger partial charge in [0.25, 0.3) is 0 Å². The third-order valence-electron chi connectivity index (χ3n) is 4.49. The molecule has 0 radical (unpaired) electrons. The number of carbonyl (C=O) groups is 2. The Hall–Kier alpha value is -3.00. The molecule has 2 aromatic rings. The van der Waals surface area contributed by atoms with Crippen LogP contribution < -0.4 is 10.6 Å². The summed E-state index contributed by atoms with van der Waals surface area (Å²) in [6.45, 7) is 2.78. The summed E-state index contributed by atoms with van der Waals surface area (Å²) >= 11 is 0. The van der Waals surface area contributed by atoms with Crippen LogP contribution in [0.2, 0.25) is 0 Å². The van der Waals surface area contributed by atoms with Gasteiger partial charge in [0.15, 0.2) is 0 Å². The van der Waals surface area contributed by atoms with Crippen molar-refractivity contribution < 1.29 is 17.2 Å². The maximum Gasteiger partial charge on any atom is 0.248 e. The molecule has 0 atom stereocenters. The number of rotatable bonds is 5. The van der Waals surface area contributed by atoms with E-state index in [2.05, 4.69) is 14.9 Å². The van der Waals surface area contributed by atoms with Crippen LogP contribution in [-0.4, -0.2) is 66.5 Å². The highest BCUT2D eigenvalue weighted by molar-refractivity contribution is 6.10. The molecular formula is C19H27N5O3. The van der Waals surface area contributed by atoms with Gasteiger partial charge in [0.1, 0.15) is 23.9 Å². The van der Waals surface area contributed by atoms with Crippen LogP contribution in [0, 0.1) is 0 Å². The van der Waals surface area contributed by atoms with Crippen LogP contribution in [0.5, 0.6) is 0 Å². The molecule has 1 fully saturated rings. The first-order valence-electron chi connectivity index (χ1n) is 8.84. The monoisotopic (exact) mass is 373 g/mol. The lowest BCUT2D eigenvalue weighted by Gasteiger charge is -2.23. The van der Waals surface area contributed by atoms with Crippen molar-refractivity contribution in [1.29, 1.82) is 0 Å². The van der Waals surface area contributed by atoms with Gasteiger partial charge in [-0.25, -0.2) is 9.97 Å². The molecular weight excluding hydrogens is 346 g/mol. The summed E-state index contributed by atoms with van der Waals surface area (Å²) in [5.74, 6) is 0.638. The molecule has 0 bridgehead atoms. The second-order valence-electron chi connectivity index (χ2n) is 6.30. The molecule has 3 heterocycles. The zero-order valence-corrected chi connectivity index (χ0v) is 15.3. The summed E-state index contributed by atoms with van der Waals surface area (Å²) in [5, 5.41) is 0. The maximum absolute atomic E-state index is 12.7. The molecule has 146 valence electrons. The van der Waals surface area contributed by atoms with Crippen molar-refractivity contribution in [3.05, 3.63) is 47.8 Å². The van der Waals surface area contributed by atoms with Crippen LogP contribution in [0.1, 0.15) is 25.3 Å². The summed E-state index contributed by atoms with van der Waals surface area (Å²) < 4.78 is 4.93. The molecule has 1 saturated heterocycles. The number of nitrogen functional groups attached to an aromatic ring is 1. The SMILES string of the molecule is COCC(=O)N1CCCN(c2cccc(C(=O)c3cccnc3N)n2)CC1.[HH].[HH]. The minimum absolute atomic E-state index is 0. The fourth-order valence-electron chi connectivity index (χ4n) is 3.08. The molecule has 0 aliphatic carbocycles. The molecule has 0 aromatic carbocycles. The van der Waals surface area contributed by atoms with E-state index < -0.39 is 0 Å². The van der Waals surface area contributed by atoms with Crippen molar-refractivity contribution in [3.8, 4) is 0 Å². The highest BCUT2D eigenvalue weighted by Crippen LogP contribution is 2.18. The molecule has 1 amide bonds. The number of anilines is 2. The van der Waals surface area contributed by atoms with Crippen molar-refractivity contribution in [2.24, 2.45) is 0 Å². The van der Waals surface area contributed by atoms with E-state index in [4.69, 9.17) is 10.5 Å². The predicted molar refractivity (Wildman–Crippen MR) is 106 cm³/mol. The quantitative estimate of drug-likeness (QED) is 0.792. The molecule has 27 heavy (non-hydrogen) atoms. The van der Waals surface area contributed by atoms with Crippen molar-refractivity contribution in [2.45, 2.75) is 6.42 Å². The highest BCUT2D eigenvalue weighted by Gasteiger charge is 2.21. The van der Waals surface area contributed by atoms with Crippen molar-refractivity contribution in [2.75, 3.05) is 50.5 Å². The number of carbonyl (C=O) groups excluding carboxylic acids is 2. The molecule has 2 N–H and O–H groups in total. The summed E-state index contributed by atoms with van der Waals surface area (Å²) in [6, 6.07) is 8.67. The minimum atomic E-state index is -0.255. The highest BCUT2D eigenvalue weighted by atomic mass is 16.5. The fourth-order valence-corrected chi connectivity index (χ4v) is 3.08. The first-order chi connectivity index (χ1) is 13.1. The van der Waals surface area contributed by atoms with Crippen LogP contribution >= 0.6 is 0 Å². The summed E-state index contributed by atoms with van der Waals surface area (Å²) in [7, 11) is 1.52. The van der Waals surface area contributed by atoms with Gasteiger partial charge in [0, 0.05) is 42.3 Å². The molecule has 0 unspecified atom stereocenters. The number of nitrogens with two attached hydrogens (primary N) is 1. The van der Waals surface area contributed by atoms with E-state index in [-0.39, 0.29) is 27.0 Å². The van der Waals surface area contributed by atoms with Crippen LogP contribution in [0.15, 0.2) is 36.5 Å². The maximum atomic E-state index is 12.7.